The lowest BCUT2D eigenvalue weighted by Gasteiger charge is -2.40. The highest BCUT2D eigenvalue weighted by Gasteiger charge is 2.44. The monoisotopic (exact) mass is 443 g/mol. The van der Waals surface area contributed by atoms with E-state index in [0.717, 1.165) is 19.3 Å². The summed E-state index contributed by atoms with van der Waals surface area (Å²) in [5, 5.41) is 41.4. The fourth-order valence-electron chi connectivity index (χ4n) is 3.87. The Morgan fingerprint density at radius 3 is 1.97 bits per heavy atom. The van der Waals surface area contributed by atoms with Crippen LogP contribution in [-0.4, -0.2) is 63.6 Å². The third-order valence-corrected chi connectivity index (χ3v) is 5.89. The number of unbranched alkanes of at least 4 members (excludes halogenated alkanes) is 11. The van der Waals surface area contributed by atoms with Crippen LogP contribution in [0.5, 0.6) is 0 Å². The number of carbonyl (C=O) groups excluding carboxylic acids is 1. The zero-order valence-corrected chi connectivity index (χ0v) is 19.3. The van der Waals surface area contributed by atoms with Crippen molar-refractivity contribution >= 4 is 5.91 Å². The first-order chi connectivity index (χ1) is 15.0. The van der Waals surface area contributed by atoms with Crippen molar-refractivity contribution in [3.05, 3.63) is 12.2 Å². The smallest absolute Gasteiger partial charge is 0.220 e. The standard InChI is InChI=1S/C24H45NO6/c1-2-3-4-5-6-7-8-9-10-11-12-13-14-15-16-17-20(27)25-21-23(29)22(28)19(18-26)31-24(21)30/h7-8,19,21-24,26,28-30H,2-6,9-18H2,1H3,(H,25,27)/b8-7-/t19-,21-,22-,23-,24-/m1/s1. The molecule has 0 unspecified atom stereocenters. The minimum atomic E-state index is -1.46. The van der Waals surface area contributed by atoms with Gasteiger partial charge in [-0.1, -0.05) is 70.4 Å². The minimum Gasteiger partial charge on any atom is -0.394 e. The normalized spacial score (nSPS) is 26.4. The van der Waals surface area contributed by atoms with E-state index >= 15 is 0 Å². The Labute approximate surface area is 187 Å². The summed E-state index contributed by atoms with van der Waals surface area (Å²) in [5.41, 5.74) is 0. The molecule has 0 aromatic heterocycles. The average molecular weight is 444 g/mol. The van der Waals surface area contributed by atoms with Gasteiger partial charge >= 0.3 is 0 Å². The topological polar surface area (TPSA) is 119 Å². The number of hydrogen-bond donors (Lipinski definition) is 5. The second-order valence-corrected chi connectivity index (χ2v) is 8.66. The fourth-order valence-corrected chi connectivity index (χ4v) is 3.87. The van der Waals surface area contributed by atoms with Crippen molar-refractivity contribution in [2.75, 3.05) is 6.61 Å². The number of aliphatic hydroxyl groups is 4. The van der Waals surface area contributed by atoms with Crippen LogP contribution in [0.25, 0.3) is 0 Å². The van der Waals surface area contributed by atoms with Crippen LogP contribution in [0, 0.1) is 0 Å². The van der Waals surface area contributed by atoms with Crippen LogP contribution < -0.4 is 5.32 Å². The van der Waals surface area contributed by atoms with Gasteiger partial charge in [-0.25, -0.2) is 0 Å². The number of hydrogen-bond acceptors (Lipinski definition) is 6. The first kappa shape index (κ1) is 28.0. The molecule has 0 saturated carbocycles. The maximum Gasteiger partial charge on any atom is 0.220 e. The molecule has 182 valence electrons. The van der Waals surface area contributed by atoms with E-state index < -0.39 is 37.3 Å². The molecular formula is C24H45NO6. The Morgan fingerprint density at radius 1 is 0.839 bits per heavy atom. The summed E-state index contributed by atoms with van der Waals surface area (Å²) in [7, 11) is 0. The molecule has 0 bridgehead atoms. The largest absolute Gasteiger partial charge is 0.394 e. The van der Waals surface area contributed by atoms with Crippen LogP contribution in [0.4, 0.5) is 0 Å². The van der Waals surface area contributed by atoms with E-state index in [1.165, 1.54) is 64.2 Å². The third kappa shape index (κ3) is 12.0. The molecule has 1 heterocycles. The fraction of sp³-hybridized carbons (Fsp3) is 0.875. The van der Waals surface area contributed by atoms with Crippen LogP contribution in [0.15, 0.2) is 12.2 Å². The molecule has 1 aliphatic rings. The van der Waals surface area contributed by atoms with Gasteiger partial charge in [-0.05, 0) is 32.1 Å². The molecule has 7 nitrogen and oxygen atoms in total. The number of ether oxygens (including phenoxy) is 1. The summed E-state index contributed by atoms with van der Waals surface area (Å²) in [5.74, 6) is -0.289. The minimum absolute atomic E-state index is 0.289. The van der Waals surface area contributed by atoms with E-state index in [-0.39, 0.29) is 5.91 Å². The van der Waals surface area contributed by atoms with Gasteiger partial charge in [0, 0.05) is 6.42 Å². The molecule has 31 heavy (non-hydrogen) atoms. The predicted molar refractivity (Wildman–Crippen MR) is 121 cm³/mol. The van der Waals surface area contributed by atoms with Gasteiger partial charge in [-0.15, -0.1) is 0 Å². The summed E-state index contributed by atoms with van der Waals surface area (Å²) in [4.78, 5) is 12.1. The highest BCUT2D eigenvalue weighted by molar-refractivity contribution is 5.76. The third-order valence-electron chi connectivity index (χ3n) is 5.89. The predicted octanol–water partition coefficient (Wildman–Crippen LogP) is 2.94. The molecule has 0 aromatic carbocycles. The molecule has 1 aliphatic heterocycles. The van der Waals surface area contributed by atoms with Gasteiger partial charge in [-0.2, -0.15) is 0 Å². The zero-order valence-electron chi connectivity index (χ0n) is 19.3. The lowest BCUT2D eigenvalue weighted by molar-refractivity contribution is -0.253. The van der Waals surface area contributed by atoms with Crippen molar-refractivity contribution < 1.29 is 30.0 Å². The van der Waals surface area contributed by atoms with Crippen LogP contribution in [-0.2, 0) is 9.53 Å². The molecule has 1 fully saturated rings. The molecule has 1 saturated heterocycles. The van der Waals surface area contributed by atoms with Gasteiger partial charge in [0.1, 0.15) is 24.4 Å². The van der Waals surface area contributed by atoms with Crippen molar-refractivity contribution in [1.29, 1.82) is 0 Å². The number of aliphatic hydroxyl groups excluding tert-OH is 4. The van der Waals surface area contributed by atoms with Crippen molar-refractivity contribution in [3.63, 3.8) is 0 Å². The Bertz CT molecular complexity index is 487. The zero-order chi connectivity index (χ0) is 22.9. The van der Waals surface area contributed by atoms with E-state index in [4.69, 9.17) is 9.84 Å². The maximum atomic E-state index is 12.1. The molecule has 1 rings (SSSR count). The molecule has 5 N–H and O–H groups in total. The lowest BCUT2D eigenvalue weighted by atomic mass is 9.97. The van der Waals surface area contributed by atoms with Crippen LogP contribution in [0.3, 0.4) is 0 Å². The second kappa shape index (κ2) is 17.6. The molecule has 0 radical (unpaired) electrons. The van der Waals surface area contributed by atoms with E-state index in [1.54, 1.807) is 0 Å². The Balaban J connectivity index is 1.98. The van der Waals surface area contributed by atoms with Gasteiger partial charge < -0.3 is 30.5 Å². The Morgan fingerprint density at radius 2 is 1.39 bits per heavy atom. The molecule has 0 aromatic rings. The summed E-state index contributed by atoms with van der Waals surface area (Å²) in [6.07, 6.45) is 15.0. The first-order valence-electron chi connectivity index (χ1n) is 12.3. The second-order valence-electron chi connectivity index (χ2n) is 8.66. The van der Waals surface area contributed by atoms with Crippen LogP contribution in [0.2, 0.25) is 0 Å². The number of amides is 1. The average Bonchev–Trinajstić information content (AvgIpc) is 2.76. The van der Waals surface area contributed by atoms with Gasteiger partial charge in [-0.3, -0.25) is 4.79 Å². The lowest BCUT2D eigenvalue weighted by Crippen LogP contribution is -2.64. The summed E-state index contributed by atoms with van der Waals surface area (Å²) < 4.78 is 5.04. The van der Waals surface area contributed by atoms with Crippen LogP contribution >= 0.6 is 0 Å². The van der Waals surface area contributed by atoms with E-state index in [2.05, 4.69) is 24.4 Å². The molecule has 0 aliphatic carbocycles. The molecule has 5 atom stereocenters. The Hall–Kier alpha value is -0.990. The quantitative estimate of drug-likeness (QED) is 0.174. The Kier molecular flexibility index (Phi) is 15.9. The number of rotatable bonds is 17. The van der Waals surface area contributed by atoms with E-state index in [0.29, 0.717) is 6.42 Å². The highest BCUT2D eigenvalue weighted by atomic mass is 16.6. The van der Waals surface area contributed by atoms with E-state index in [1.807, 2.05) is 0 Å². The summed E-state index contributed by atoms with van der Waals surface area (Å²) in [6.45, 7) is 1.71. The number of allylic oxidation sites excluding steroid dienone is 2. The number of carbonyl (C=O) groups is 1. The highest BCUT2D eigenvalue weighted by Crippen LogP contribution is 2.20. The van der Waals surface area contributed by atoms with Gasteiger partial charge in [0.05, 0.1) is 6.61 Å². The summed E-state index contributed by atoms with van der Waals surface area (Å²) in [6, 6.07) is -1.10. The SMILES string of the molecule is CCCCCC/C=C\CCCCCCCCCC(=O)N[C@@H]1[C@@H](O)[C@H](O)[C@@H](CO)O[C@H]1O. The van der Waals surface area contributed by atoms with Gasteiger partial charge in [0.15, 0.2) is 6.29 Å². The summed E-state index contributed by atoms with van der Waals surface area (Å²) >= 11 is 0. The maximum absolute atomic E-state index is 12.1. The number of nitrogens with one attached hydrogen (secondary N) is 1. The molecule has 7 heteroatoms. The van der Waals surface area contributed by atoms with Gasteiger partial charge in [0.25, 0.3) is 0 Å². The van der Waals surface area contributed by atoms with Crippen molar-refractivity contribution in [2.45, 2.75) is 127 Å². The van der Waals surface area contributed by atoms with Crippen LogP contribution in [0.1, 0.15) is 96.8 Å². The van der Waals surface area contributed by atoms with Crippen molar-refractivity contribution in [2.24, 2.45) is 0 Å². The van der Waals surface area contributed by atoms with Crippen molar-refractivity contribution in [1.82, 2.24) is 5.32 Å². The van der Waals surface area contributed by atoms with E-state index in [9.17, 15) is 20.1 Å². The van der Waals surface area contributed by atoms with Crippen molar-refractivity contribution in [3.8, 4) is 0 Å². The molecular weight excluding hydrogens is 398 g/mol. The molecule has 0 spiro atoms. The molecule has 1 amide bonds. The van der Waals surface area contributed by atoms with Gasteiger partial charge in [0.2, 0.25) is 5.91 Å². The first-order valence-corrected chi connectivity index (χ1v) is 12.3.